The molecule has 1 atom stereocenters. The van der Waals surface area contributed by atoms with E-state index in [-0.39, 0.29) is 17.9 Å². The minimum absolute atomic E-state index is 0.0424. The maximum Gasteiger partial charge on any atom is 0.253 e. The van der Waals surface area contributed by atoms with E-state index in [1.807, 2.05) is 55.5 Å². The quantitative estimate of drug-likeness (QED) is 0.365. The molecule has 0 bridgehead atoms. The molecule has 0 spiro atoms. The van der Waals surface area contributed by atoms with Crippen LogP contribution in [0.15, 0.2) is 67.1 Å². The number of aromatic nitrogens is 2. The number of nitrogens with zero attached hydrogens (tertiary/aromatic N) is 1. The standard InChI is InChI=1S/C26H25ClN4O2/c1-16(31-17(2)32)21-6-3-18(4-7-21)9-20-10-22(14-28-12-20)26(33)30-13-19-5-8-25-23(11-19)24(27)15-29-25/h3-8,10-12,14-16,29H,9,13H2,1-2H3,(H,30,33)(H,31,32). The van der Waals surface area contributed by atoms with Gasteiger partial charge in [-0.3, -0.25) is 14.6 Å². The van der Waals surface area contributed by atoms with Gasteiger partial charge in [0.05, 0.1) is 16.6 Å². The molecule has 0 aliphatic heterocycles. The predicted molar refractivity (Wildman–Crippen MR) is 130 cm³/mol. The number of pyridine rings is 1. The van der Waals surface area contributed by atoms with Gasteiger partial charge in [0, 0.05) is 43.0 Å². The lowest BCUT2D eigenvalue weighted by atomic mass is 10.0. The Balaban J connectivity index is 1.39. The van der Waals surface area contributed by atoms with E-state index in [1.54, 1.807) is 18.6 Å². The summed E-state index contributed by atoms with van der Waals surface area (Å²) in [7, 11) is 0. The van der Waals surface area contributed by atoms with Crippen molar-refractivity contribution < 1.29 is 9.59 Å². The number of nitrogens with one attached hydrogen (secondary N) is 3. The van der Waals surface area contributed by atoms with Gasteiger partial charge in [-0.25, -0.2) is 0 Å². The van der Waals surface area contributed by atoms with Crippen molar-refractivity contribution in [1.82, 2.24) is 20.6 Å². The fraction of sp³-hybridized carbons (Fsp3) is 0.192. The van der Waals surface area contributed by atoms with Gasteiger partial charge in [-0.15, -0.1) is 0 Å². The highest BCUT2D eigenvalue weighted by Gasteiger charge is 2.10. The summed E-state index contributed by atoms with van der Waals surface area (Å²) in [5, 5.41) is 7.43. The molecule has 2 aromatic carbocycles. The van der Waals surface area contributed by atoms with E-state index in [2.05, 4.69) is 20.6 Å². The first-order chi connectivity index (χ1) is 15.9. The molecular formula is C26H25ClN4O2. The van der Waals surface area contributed by atoms with E-state index in [0.29, 0.717) is 23.6 Å². The first-order valence-electron chi connectivity index (χ1n) is 10.7. The fourth-order valence-corrected chi connectivity index (χ4v) is 4.00. The summed E-state index contributed by atoms with van der Waals surface area (Å²) in [6.07, 6.45) is 5.75. The highest BCUT2D eigenvalue weighted by atomic mass is 35.5. The molecule has 0 radical (unpaired) electrons. The Bertz CT molecular complexity index is 1300. The van der Waals surface area contributed by atoms with Crippen LogP contribution in [-0.2, 0) is 17.8 Å². The second-order valence-electron chi connectivity index (χ2n) is 8.12. The molecule has 7 heteroatoms. The van der Waals surface area contributed by atoms with E-state index in [0.717, 1.165) is 33.2 Å². The van der Waals surface area contributed by atoms with Crippen LogP contribution in [0.1, 0.15) is 52.5 Å². The number of carbonyl (C=O) groups is 2. The second kappa shape index (κ2) is 9.88. The van der Waals surface area contributed by atoms with Gasteiger partial charge in [0.2, 0.25) is 5.91 Å². The summed E-state index contributed by atoms with van der Waals surface area (Å²) in [6.45, 7) is 3.86. The van der Waals surface area contributed by atoms with Crippen molar-refractivity contribution in [3.05, 3.63) is 100.0 Å². The number of H-pyrrole nitrogens is 1. The predicted octanol–water partition coefficient (Wildman–Crippen LogP) is 4.93. The lowest BCUT2D eigenvalue weighted by Crippen LogP contribution is -2.23. The molecule has 0 fully saturated rings. The molecular weight excluding hydrogens is 436 g/mol. The summed E-state index contributed by atoms with van der Waals surface area (Å²) in [4.78, 5) is 31.3. The summed E-state index contributed by atoms with van der Waals surface area (Å²) in [5.74, 6) is -0.231. The average Bonchev–Trinajstić information content (AvgIpc) is 3.18. The highest BCUT2D eigenvalue weighted by molar-refractivity contribution is 6.35. The molecule has 0 aliphatic carbocycles. The van der Waals surface area contributed by atoms with Gasteiger partial charge in [-0.2, -0.15) is 0 Å². The molecule has 3 N–H and O–H groups in total. The van der Waals surface area contributed by atoms with Gasteiger partial charge in [0.15, 0.2) is 0 Å². The minimum Gasteiger partial charge on any atom is -0.360 e. The van der Waals surface area contributed by atoms with Crippen LogP contribution in [0, 0.1) is 0 Å². The first kappa shape index (κ1) is 22.6. The number of hydrogen-bond acceptors (Lipinski definition) is 3. The van der Waals surface area contributed by atoms with E-state index in [4.69, 9.17) is 11.6 Å². The van der Waals surface area contributed by atoms with Crippen LogP contribution < -0.4 is 10.6 Å². The Hall–Kier alpha value is -3.64. The zero-order chi connectivity index (χ0) is 23.4. The third kappa shape index (κ3) is 5.59. The molecule has 0 aliphatic rings. The van der Waals surface area contributed by atoms with Crippen molar-refractivity contribution in [2.45, 2.75) is 32.9 Å². The van der Waals surface area contributed by atoms with Gasteiger partial charge in [-0.05, 0) is 53.8 Å². The number of fused-ring (bicyclic) bond motifs is 1. The van der Waals surface area contributed by atoms with Gasteiger partial charge in [0.25, 0.3) is 5.91 Å². The molecule has 6 nitrogen and oxygen atoms in total. The smallest absolute Gasteiger partial charge is 0.253 e. The third-order valence-corrected chi connectivity index (χ3v) is 5.83. The molecule has 4 aromatic rings. The second-order valence-corrected chi connectivity index (χ2v) is 8.53. The van der Waals surface area contributed by atoms with Crippen LogP contribution in [-0.4, -0.2) is 21.8 Å². The van der Waals surface area contributed by atoms with Crippen molar-refractivity contribution in [2.75, 3.05) is 0 Å². The van der Waals surface area contributed by atoms with Crippen LogP contribution >= 0.6 is 11.6 Å². The zero-order valence-corrected chi connectivity index (χ0v) is 19.2. The van der Waals surface area contributed by atoms with Crippen LogP contribution in [0.4, 0.5) is 0 Å². The number of carbonyl (C=O) groups excluding carboxylic acids is 2. The largest absolute Gasteiger partial charge is 0.360 e. The summed E-state index contributed by atoms with van der Waals surface area (Å²) < 4.78 is 0. The van der Waals surface area contributed by atoms with Crippen LogP contribution in [0.25, 0.3) is 10.9 Å². The van der Waals surface area contributed by atoms with E-state index in [9.17, 15) is 9.59 Å². The van der Waals surface area contributed by atoms with Crippen molar-refractivity contribution in [3.63, 3.8) is 0 Å². The van der Waals surface area contributed by atoms with E-state index >= 15 is 0 Å². The Morgan fingerprint density at radius 1 is 1.03 bits per heavy atom. The van der Waals surface area contributed by atoms with Crippen LogP contribution in [0.5, 0.6) is 0 Å². The zero-order valence-electron chi connectivity index (χ0n) is 18.5. The molecule has 2 heterocycles. The Morgan fingerprint density at radius 2 is 1.79 bits per heavy atom. The fourth-order valence-electron chi connectivity index (χ4n) is 3.78. The molecule has 168 valence electrons. The van der Waals surface area contributed by atoms with E-state index in [1.165, 1.54) is 6.92 Å². The highest BCUT2D eigenvalue weighted by Crippen LogP contribution is 2.24. The normalized spacial score (nSPS) is 11.8. The van der Waals surface area contributed by atoms with Crippen molar-refractivity contribution in [3.8, 4) is 0 Å². The number of hydrogen-bond donors (Lipinski definition) is 3. The Labute approximate surface area is 197 Å². The monoisotopic (exact) mass is 460 g/mol. The molecule has 2 aromatic heterocycles. The third-order valence-electron chi connectivity index (χ3n) is 5.51. The molecule has 4 rings (SSSR count). The molecule has 0 saturated carbocycles. The number of aromatic amines is 1. The Kier molecular flexibility index (Phi) is 6.75. The SMILES string of the molecule is CC(=O)NC(C)c1ccc(Cc2cncc(C(=O)NCc3ccc4[nH]cc(Cl)c4c3)c2)cc1. The lowest BCUT2D eigenvalue weighted by Gasteiger charge is -2.13. The number of amides is 2. The average molecular weight is 461 g/mol. The molecule has 33 heavy (non-hydrogen) atoms. The summed E-state index contributed by atoms with van der Waals surface area (Å²) >= 11 is 6.19. The molecule has 2 amide bonds. The van der Waals surface area contributed by atoms with Gasteiger partial charge >= 0.3 is 0 Å². The van der Waals surface area contributed by atoms with Gasteiger partial charge < -0.3 is 15.6 Å². The first-order valence-corrected chi connectivity index (χ1v) is 11.1. The summed E-state index contributed by atoms with van der Waals surface area (Å²) in [5.41, 5.74) is 5.54. The topological polar surface area (TPSA) is 86.9 Å². The van der Waals surface area contributed by atoms with Crippen molar-refractivity contribution >= 4 is 34.3 Å². The maximum atomic E-state index is 12.7. The molecule has 0 saturated heterocycles. The maximum absolute atomic E-state index is 12.7. The van der Waals surface area contributed by atoms with Crippen LogP contribution in [0.2, 0.25) is 5.02 Å². The number of halogens is 1. The molecule has 1 unspecified atom stereocenters. The van der Waals surface area contributed by atoms with Crippen molar-refractivity contribution in [1.29, 1.82) is 0 Å². The minimum atomic E-state index is -0.177. The van der Waals surface area contributed by atoms with Crippen LogP contribution in [0.3, 0.4) is 0 Å². The number of benzene rings is 2. The van der Waals surface area contributed by atoms with Gasteiger partial charge in [0.1, 0.15) is 0 Å². The van der Waals surface area contributed by atoms with Gasteiger partial charge in [-0.1, -0.05) is 41.9 Å². The number of rotatable bonds is 7. The van der Waals surface area contributed by atoms with E-state index < -0.39 is 0 Å². The Morgan fingerprint density at radius 3 is 2.55 bits per heavy atom. The van der Waals surface area contributed by atoms with Crippen molar-refractivity contribution in [2.24, 2.45) is 0 Å². The summed E-state index contributed by atoms with van der Waals surface area (Å²) in [6, 6.07) is 15.8. The lowest BCUT2D eigenvalue weighted by molar-refractivity contribution is -0.119.